The first-order chi connectivity index (χ1) is 9.05. The van der Waals surface area contributed by atoms with Crippen LogP contribution in [-0.2, 0) is 10.0 Å². The van der Waals surface area contributed by atoms with E-state index in [-0.39, 0.29) is 17.3 Å². The standard InChI is InChI=1S/C13H17NO4S/c1-3-8-14-19(16,17)13-10-11(5-4-9-15)6-7-12(13)18-2/h6-7,10,14-15H,3,8-9H2,1-2H3. The maximum Gasteiger partial charge on any atom is 0.244 e. The van der Waals surface area contributed by atoms with Crippen molar-refractivity contribution in [2.75, 3.05) is 20.3 Å². The van der Waals surface area contributed by atoms with Crippen molar-refractivity contribution in [2.24, 2.45) is 0 Å². The first-order valence-corrected chi connectivity index (χ1v) is 7.31. The molecule has 1 aromatic carbocycles. The highest BCUT2D eigenvalue weighted by Crippen LogP contribution is 2.24. The van der Waals surface area contributed by atoms with E-state index in [0.717, 1.165) is 0 Å². The largest absolute Gasteiger partial charge is 0.495 e. The third kappa shape index (κ3) is 4.24. The summed E-state index contributed by atoms with van der Waals surface area (Å²) >= 11 is 0. The number of aliphatic hydroxyl groups excluding tert-OH is 1. The van der Waals surface area contributed by atoms with E-state index in [9.17, 15) is 8.42 Å². The van der Waals surface area contributed by atoms with E-state index in [2.05, 4.69) is 16.6 Å². The van der Waals surface area contributed by atoms with Crippen molar-refractivity contribution in [1.29, 1.82) is 0 Å². The van der Waals surface area contributed by atoms with Crippen molar-refractivity contribution in [3.63, 3.8) is 0 Å². The molecule has 5 nitrogen and oxygen atoms in total. The molecule has 1 rings (SSSR count). The summed E-state index contributed by atoms with van der Waals surface area (Å²) in [5, 5.41) is 8.64. The molecule has 0 radical (unpaired) electrons. The number of nitrogens with one attached hydrogen (secondary N) is 1. The topological polar surface area (TPSA) is 75.6 Å². The van der Waals surface area contributed by atoms with Crippen LogP contribution in [0.5, 0.6) is 5.75 Å². The Labute approximate surface area is 113 Å². The highest BCUT2D eigenvalue weighted by atomic mass is 32.2. The summed E-state index contributed by atoms with van der Waals surface area (Å²) in [5.41, 5.74) is 0.506. The molecule has 0 heterocycles. The van der Waals surface area contributed by atoms with E-state index < -0.39 is 10.0 Å². The summed E-state index contributed by atoms with van der Waals surface area (Å²) in [6.07, 6.45) is 0.700. The zero-order valence-corrected chi connectivity index (χ0v) is 11.8. The minimum Gasteiger partial charge on any atom is -0.495 e. The lowest BCUT2D eigenvalue weighted by Crippen LogP contribution is -2.25. The van der Waals surface area contributed by atoms with Crippen molar-refractivity contribution in [3.8, 4) is 17.6 Å². The van der Waals surface area contributed by atoms with Gasteiger partial charge in [0.1, 0.15) is 17.3 Å². The fourth-order valence-electron chi connectivity index (χ4n) is 1.42. The van der Waals surface area contributed by atoms with Crippen LogP contribution in [0.4, 0.5) is 0 Å². The van der Waals surface area contributed by atoms with Crippen LogP contribution in [-0.4, -0.2) is 33.8 Å². The number of benzene rings is 1. The molecular weight excluding hydrogens is 266 g/mol. The molecule has 0 unspecified atom stereocenters. The number of methoxy groups -OCH3 is 1. The first kappa shape index (κ1) is 15.5. The van der Waals surface area contributed by atoms with Crippen molar-refractivity contribution in [1.82, 2.24) is 4.72 Å². The summed E-state index contributed by atoms with van der Waals surface area (Å²) in [6, 6.07) is 4.61. The molecule has 0 aliphatic rings. The van der Waals surface area contributed by atoms with Gasteiger partial charge in [0.05, 0.1) is 7.11 Å². The van der Waals surface area contributed by atoms with Crippen molar-refractivity contribution >= 4 is 10.0 Å². The Bertz CT molecular complexity index is 584. The monoisotopic (exact) mass is 283 g/mol. The zero-order chi connectivity index (χ0) is 14.3. The molecule has 104 valence electrons. The second kappa shape index (κ2) is 7.14. The van der Waals surface area contributed by atoms with Crippen molar-refractivity contribution in [3.05, 3.63) is 23.8 Å². The first-order valence-electron chi connectivity index (χ1n) is 5.82. The molecule has 0 saturated heterocycles. The van der Waals surface area contributed by atoms with Crippen molar-refractivity contribution < 1.29 is 18.3 Å². The molecule has 0 saturated carbocycles. The van der Waals surface area contributed by atoms with Crippen LogP contribution >= 0.6 is 0 Å². The molecule has 2 N–H and O–H groups in total. The summed E-state index contributed by atoms with van der Waals surface area (Å²) < 4.78 is 31.7. The maximum atomic E-state index is 12.1. The van der Waals surface area contributed by atoms with E-state index >= 15 is 0 Å². The third-order valence-corrected chi connectivity index (χ3v) is 3.79. The summed E-state index contributed by atoms with van der Waals surface area (Å²) in [7, 11) is -2.21. The Hall–Kier alpha value is -1.55. The Kier molecular flexibility index (Phi) is 5.83. The van der Waals surface area contributed by atoms with Crippen LogP contribution in [0.25, 0.3) is 0 Å². The predicted molar refractivity (Wildman–Crippen MR) is 72.4 cm³/mol. The lowest BCUT2D eigenvalue weighted by Gasteiger charge is -2.10. The molecular formula is C13H17NO4S. The van der Waals surface area contributed by atoms with Crippen LogP contribution < -0.4 is 9.46 Å². The number of hydrogen-bond acceptors (Lipinski definition) is 4. The molecule has 0 aliphatic carbocycles. The van der Waals surface area contributed by atoms with E-state index in [0.29, 0.717) is 18.5 Å². The SMILES string of the molecule is CCCNS(=O)(=O)c1cc(C#CCO)ccc1OC. The van der Waals surface area contributed by atoms with Gasteiger partial charge in [-0.2, -0.15) is 0 Å². The van der Waals surface area contributed by atoms with Gasteiger partial charge in [0, 0.05) is 12.1 Å². The van der Waals surface area contributed by atoms with Gasteiger partial charge in [-0.05, 0) is 24.6 Å². The fourth-order valence-corrected chi connectivity index (χ4v) is 2.75. The quantitative estimate of drug-likeness (QED) is 0.781. The number of aliphatic hydroxyl groups is 1. The Morgan fingerprint density at radius 3 is 2.74 bits per heavy atom. The van der Waals surface area contributed by atoms with E-state index in [4.69, 9.17) is 9.84 Å². The Morgan fingerprint density at radius 2 is 2.16 bits per heavy atom. The minimum atomic E-state index is -3.62. The van der Waals surface area contributed by atoms with Crippen LogP contribution in [0.2, 0.25) is 0 Å². The fraction of sp³-hybridized carbons (Fsp3) is 0.385. The van der Waals surface area contributed by atoms with E-state index in [1.54, 1.807) is 12.1 Å². The van der Waals surface area contributed by atoms with Crippen molar-refractivity contribution in [2.45, 2.75) is 18.2 Å². The molecule has 19 heavy (non-hydrogen) atoms. The highest BCUT2D eigenvalue weighted by molar-refractivity contribution is 7.89. The second-order valence-electron chi connectivity index (χ2n) is 3.72. The summed E-state index contributed by atoms with van der Waals surface area (Å²) in [5.74, 6) is 5.40. The van der Waals surface area contributed by atoms with E-state index in [1.807, 2.05) is 6.92 Å². The number of sulfonamides is 1. The molecule has 0 amide bonds. The van der Waals surface area contributed by atoms with Gasteiger partial charge >= 0.3 is 0 Å². The molecule has 0 aliphatic heterocycles. The Balaban J connectivity index is 3.22. The lowest BCUT2D eigenvalue weighted by molar-refractivity contribution is 0.350. The average Bonchev–Trinajstić information content (AvgIpc) is 2.42. The summed E-state index contributed by atoms with van der Waals surface area (Å²) in [6.45, 7) is 1.96. The highest BCUT2D eigenvalue weighted by Gasteiger charge is 2.19. The third-order valence-electron chi connectivity index (χ3n) is 2.31. The molecule has 0 aromatic heterocycles. The molecule has 1 aromatic rings. The zero-order valence-electron chi connectivity index (χ0n) is 10.9. The van der Waals surface area contributed by atoms with Gasteiger partial charge in [0.25, 0.3) is 0 Å². The van der Waals surface area contributed by atoms with Gasteiger partial charge in [-0.1, -0.05) is 18.8 Å². The molecule has 0 atom stereocenters. The minimum absolute atomic E-state index is 0.0492. The molecule has 0 fully saturated rings. The van der Waals surface area contributed by atoms with Gasteiger partial charge in [-0.15, -0.1) is 0 Å². The van der Waals surface area contributed by atoms with E-state index in [1.165, 1.54) is 13.2 Å². The predicted octanol–water partition coefficient (Wildman–Crippen LogP) is 0.727. The lowest BCUT2D eigenvalue weighted by atomic mass is 10.2. The van der Waals surface area contributed by atoms with Gasteiger partial charge in [0.15, 0.2) is 0 Å². The maximum absolute atomic E-state index is 12.1. The number of rotatable bonds is 5. The van der Waals surface area contributed by atoms with Crippen LogP contribution in [0.3, 0.4) is 0 Å². The van der Waals surface area contributed by atoms with Crippen LogP contribution in [0.15, 0.2) is 23.1 Å². The summed E-state index contributed by atoms with van der Waals surface area (Å²) in [4.78, 5) is 0.0492. The van der Waals surface area contributed by atoms with Gasteiger partial charge in [-0.25, -0.2) is 13.1 Å². The van der Waals surface area contributed by atoms with Crippen LogP contribution in [0, 0.1) is 11.8 Å². The smallest absolute Gasteiger partial charge is 0.244 e. The Morgan fingerprint density at radius 1 is 1.42 bits per heavy atom. The second-order valence-corrected chi connectivity index (χ2v) is 5.46. The normalized spacial score (nSPS) is 10.7. The van der Waals surface area contributed by atoms with Gasteiger partial charge in [-0.3, -0.25) is 0 Å². The van der Waals surface area contributed by atoms with Gasteiger partial charge < -0.3 is 9.84 Å². The molecule has 0 bridgehead atoms. The average molecular weight is 283 g/mol. The number of hydrogen-bond donors (Lipinski definition) is 2. The number of ether oxygens (including phenoxy) is 1. The van der Waals surface area contributed by atoms with Gasteiger partial charge in [0.2, 0.25) is 10.0 Å². The molecule has 6 heteroatoms. The van der Waals surface area contributed by atoms with Crippen LogP contribution in [0.1, 0.15) is 18.9 Å². The molecule has 0 spiro atoms.